The van der Waals surface area contributed by atoms with E-state index in [1.165, 1.54) is 0 Å². The maximum atomic E-state index is 12.0. The van der Waals surface area contributed by atoms with Gasteiger partial charge in [-0.2, -0.15) is 0 Å². The largest absolute Gasteiger partial charge is 0.489 e. The second-order valence-corrected chi connectivity index (χ2v) is 6.76. The van der Waals surface area contributed by atoms with Gasteiger partial charge in [-0.25, -0.2) is 4.79 Å². The van der Waals surface area contributed by atoms with Crippen molar-refractivity contribution in [3.05, 3.63) is 88.4 Å². The molecule has 28 heavy (non-hydrogen) atoms. The van der Waals surface area contributed by atoms with Crippen LogP contribution in [0.25, 0.3) is 0 Å². The number of carbonyl (C=O) groups is 1. The summed E-state index contributed by atoms with van der Waals surface area (Å²) in [5, 5.41) is 0.699. The summed E-state index contributed by atoms with van der Waals surface area (Å²) in [5.41, 5.74) is 2.88. The van der Waals surface area contributed by atoms with Gasteiger partial charge in [0, 0.05) is 5.02 Å². The Morgan fingerprint density at radius 2 is 1.43 bits per heavy atom. The minimum Gasteiger partial charge on any atom is -0.489 e. The van der Waals surface area contributed by atoms with E-state index in [9.17, 15) is 4.79 Å². The predicted octanol–water partition coefficient (Wildman–Crippen LogP) is 5.52. The number of hydrogen-bond donors (Lipinski definition) is 0. The molecule has 0 saturated carbocycles. The van der Waals surface area contributed by atoms with Crippen LogP contribution in [0.1, 0.15) is 16.7 Å². The lowest BCUT2D eigenvalue weighted by Crippen LogP contribution is -2.17. The second-order valence-electron chi connectivity index (χ2n) is 6.38. The van der Waals surface area contributed by atoms with Crippen molar-refractivity contribution >= 4 is 17.6 Å². The highest BCUT2D eigenvalue weighted by atomic mass is 35.5. The average molecular weight is 397 g/mol. The third kappa shape index (κ3) is 5.51. The van der Waals surface area contributed by atoms with Gasteiger partial charge in [-0.3, -0.25) is 0 Å². The van der Waals surface area contributed by atoms with Gasteiger partial charge in [-0.15, -0.1) is 0 Å². The molecule has 3 aromatic rings. The number of rotatable bonds is 7. The van der Waals surface area contributed by atoms with E-state index < -0.39 is 5.97 Å². The van der Waals surface area contributed by atoms with Crippen LogP contribution in [0.15, 0.2) is 66.7 Å². The normalized spacial score (nSPS) is 10.4. The number of benzene rings is 3. The van der Waals surface area contributed by atoms with Gasteiger partial charge in [0.15, 0.2) is 6.61 Å². The quantitative estimate of drug-likeness (QED) is 0.389. The molecular formula is C23H21ClO4. The van der Waals surface area contributed by atoms with Gasteiger partial charge in [0.05, 0.1) is 0 Å². The minimum absolute atomic E-state index is 0.188. The first kappa shape index (κ1) is 19.8. The highest BCUT2D eigenvalue weighted by molar-refractivity contribution is 6.32. The second kappa shape index (κ2) is 9.29. The molecule has 3 aromatic carbocycles. The van der Waals surface area contributed by atoms with E-state index in [1.807, 2.05) is 44.2 Å². The molecule has 144 valence electrons. The molecule has 0 amide bonds. The smallest absolute Gasteiger partial charge is 0.349 e. The van der Waals surface area contributed by atoms with Crippen LogP contribution in [0.5, 0.6) is 17.2 Å². The fourth-order valence-electron chi connectivity index (χ4n) is 2.64. The zero-order valence-electron chi connectivity index (χ0n) is 15.8. The molecule has 0 atom stereocenters. The SMILES string of the molecule is Cc1cc(OCC(=O)Oc2ccc(OCc3ccccc3)cc2)cc(C)c1Cl. The first-order valence-electron chi connectivity index (χ1n) is 8.88. The molecule has 0 aliphatic rings. The topological polar surface area (TPSA) is 44.8 Å². The standard InChI is InChI=1S/C23H21ClO4/c1-16-12-21(13-17(2)23(16)24)27-15-22(25)28-20-10-8-19(9-11-20)26-14-18-6-4-3-5-7-18/h3-13H,14-15H2,1-2H3. The van der Waals surface area contributed by atoms with Crippen LogP contribution in [0.3, 0.4) is 0 Å². The summed E-state index contributed by atoms with van der Waals surface area (Å²) in [4.78, 5) is 12.0. The first-order valence-corrected chi connectivity index (χ1v) is 9.26. The highest BCUT2D eigenvalue weighted by Gasteiger charge is 2.09. The summed E-state index contributed by atoms with van der Waals surface area (Å²) in [6.07, 6.45) is 0. The summed E-state index contributed by atoms with van der Waals surface area (Å²) in [5.74, 6) is 1.24. The molecule has 3 rings (SSSR count). The monoisotopic (exact) mass is 396 g/mol. The molecule has 0 aliphatic carbocycles. The molecule has 0 N–H and O–H groups in total. The van der Waals surface area contributed by atoms with E-state index in [2.05, 4.69) is 0 Å². The molecule has 0 unspecified atom stereocenters. The lowest BCUT2D eigenvalue weighted by molar-refractivity contribution is -0.136. The first-order chi connectivity index (χ1) is 13.5. The van der Waals surface area contributed by atoms with Crippen molar-refractivity contribution in [3.8, 4) is 17.2 Å². The molecule has 0 bridgehead atoms. The lowest BCUT2D eigenvalue weighted by atomic mass is 10.1. The molecule has 5 heteroatoms. The minimum atomic E-state index is -0.483. The van der Waals surface area contributed by atoms with Crippen molar-refractivity contribution < 1.29 is 19.0 Å². The van der Waals surface area contributed by atoms with Crippen molar-refractivity contribution in [2.24, 2.45) is 0 Å². The summed E-state index contributed by atoms with van der Waals surface area (Å²) >= 11 is 6.13. The van der Waals surface area contributed by atoms with Crippen molar-refractivity contribution in [3.63, 3.8) is 0 Å². The van der Waals surface area contributed by atoms with Crippen LogP contribution in [-0.4, -0.2) is 12.6 Å². The molecule has 0 heterocycles. The van der Waals surface area contributed by atoms with Crippen LogP contribution in [0.2, 0.25) is 5.02 Å². The third-order valence-electron chi connectivity index (χ3n) is 4.07. The number of aryl methyl sites for hydroxylation is 2. The van der Waals surface area contributed by atoms with E-state index >= 15 is 0 Å². The molecule has 0 spiro atoms. The van der Waals surface area contributed by atoms with E-state index in [0.29, 0.717) is 28.9 Å². The van der Waals surface area contributed by atoms with Crippen molar-refractivity contribution in [1.82, 2.24) is 0 Å². The van der Waals surface area contributed by atoms with Gasteiger partial charge in [-0.1, -0.05) is 41.9 Å². The Morgan fingerprint density at radius 1 is 0.821 bits per heavy atom. The number of carbonyl (C=O) groups excluding carboxylic acids is 1. The van der Waals surface area contributed by atoms with E-state index in [-0.39, 0.29) is 6.61 Å². The number of ether oxygens (including phenoxy) is 3. The van der Waals surface area contributed by atoms with E-state index in [0.717, 1.165) is 16.7 Å². The van der Waals surface area contributed by atoms with Gasteiger partial charge in [0.2, 0.25) is 0 Å². The van der Waals surface area contributed by atoms with Crippen molar-refractivity contribution in [1.29, 1.82) is 0 Å². The Hall–Kier alpha value is -2.98. The van der Waals surface area contributed by atoms with E-state index in [4.69, 9.17) is 25.8 Å². The number of esters is 1. The van der Waals surface area contributed by atoms with Crippen LogP contribution in [-0.2, 0) is 11.4 Å². The number of hydrogen-bond acceptors (Lipinski definition) is 4. The predicted molar refractivity (Wildman–Crippen MR) is 109 cm³/mol. The fraction of sp³-hybridized carbons (Fsp3) is 0.174. The van der Waals surface area contributed by atoms with Gasteiger partial charge >= 0.3 is 5.97 Å². The number of halogens is 1. The summed E-state index contributed by atoms with van der Waals surface area (Å²) in [7, 11) is 0. The Bertz CT molecular complexity index is 914. The molecule has 0 aliphatic heterocycles. The van der Waals surface area contributed by atoms with Crippen molar-refractivity contribution in [2.75, 3.05) is 6.61 Å². The highest BCUT2D eigenvalue weighted by Crippen LogP contribution is 2.26. The maximum Gasteiger partial charge on any atom is 0.349 e. The average Bonchev–Trinajstić information content (AvgIpc) is 2.70. The molecule has 0 saturated heterocycles. The summed E-state index contributed by atoms with van der Waals surface area (Å²) in [6.45, 7) is 4.07. The Morgan fingerprint density at radius 3 is 2.07 bits per heavy atom. The van der Waals surface area contributed by atoms with Gasteiger partial charge in [-0.05, 0) is 66.9 Å². The third-order valence-corrected chi connectivity index (χ3v) is 4.67. The van der Waals surface area contributed by atoms with Crippen LogP contribution >= 0.6 is 11.6 Å². The van der Waals surface area contributed by atoms with Gasteiger partial charge in [0.1, 0.15) is 23.9 Å². The molecule has 0 aromatic heterocycles. The van der Waals surface area contributed by atoms with Gasteiger partial charge < -0.3 is 14.2 Å². The van der Waals surface area contributed by atoms with Crippen LogP contribution < -0.4 is 14.2 Å². The summed E-state index contributed by atoms with van der Waals surface area (Å²) in [6, 6.07) is 20.4. The summed E-state index contributed by atoms with van der Waals surface area (Å²) < 4.78 is 16.5. The molecule has 0 fully saturated rings. The zero-order chi connectivity index (χ0) is 19.9. The van der Waals surface area contributed by atoms with E-state index in [1.54, 1.807) is 36.4 Å². The lowest BCUT2D eigenvalue weighted by Gasteiger charge is -2.10. The van der Waals surface area contributed by atoms with Gasteiger partial charge in [0.25, 0.3) is 0 Å². The Labute approximate surface area is 169 Å². The van der Waals surface area contributed by atoms with Crippen molar-refractivity contribution in [2.45, 2.75) is 20.5 Å². The zero-order valence-corrected chi connectivity index (χ0v) is 16.5. The van der Waals surface area contributed by atoms with Crippen LogP contribution in [0, 0.1) is 13.8 Å². The van der Waals surface area contributed by atoms with Crippen LogP contribution in [0.4, 0.5) is 0 Å². The fourth-order valence-corrected chi connectivity index (χ4v) is 2.75. The molecule has 0 radical (unpaired) electrons. The molecular weight excluding hydrogens is 376 g/mol. The Kier molecular flexibility index (Phi) is 6.56. The maximum absolute atomic E-state index is 12.0. The Balaban J connectivity index is 1.49. The molecule has 4 nitrogen and oxygen atoms in total.